The topological polar surface area (TPSA) is 77.8 Å². The number of rotatable bonds is 11. The maximum Gasteiger partial charge on any atom is 0.129 e. The molecule has 1 saturated carbocycles. The molecule has 1 aromatic carbocycles. The fourth-order valence-electron chi connectivity index (χ4n) is 4.34. The van der Waals surface area contributed by atoms with Crippen LogP contribution in [0.15, 0.2) is 24.3 Å². The highest BCUT2D eigenvalue weighted by molar-refractivity contribution is 5.75. The second-order valence-electron chi connectivity index (χ2n) is 7.97. The number of Topliss-reactive ketones (excluding diaryl/α,β-unsaturated/α-hetero) is 1. The first kappa shape index (κ1) is 22.0. The largest absolute Gasteiger partial charge is 0.393 e. The van der Waals surface area contributed by atoms with Crippen molar-refractivity contribution in [2.24, 2.45) is 11.8 Å². The van der Waals surface area contributed by atoms with Crippen molar-refractivity contribution in [3.63, 3.8) is 0 Å². The number of aliphatic hydroxyl groups is 3. The molecule has 0 aromatic heterocycles. The summed E-state index contributed by atoms with van der Waals surface area (Å²) < 4.78 is 13.8. The standard InChI is InChI=1S/C22H33FO4/c1-15(24)8-4-2-3-5-9-16-17(22(27)14-21(16)26)12-13-20(25)18-10-6-7-11-19(18)23/h6-7,10-11,16-17,20-22,25-27H,2-5,8-9,12-14H2,1H3/t16-,17-,20+,21+,22-/m1/s1. The Balaban J connectivity index is 1.80. The second-order valence-corrected chi connectivity index (χ2v) is 7.97. The third-order valence-corrected chi connectivity index (χ3v) is 5.88. The van der Waals surface area contributed by atoms with Crippen molar-refractivity contribution < 1.29 is 24.5 Å². The molecule has 0 unspecified atom stereocenters. The summed E-state index contributed by atoms with van der Waals surface area (Å²) in [6.45, 7) is 1.61. The second kappa shape index (κ2) is 10.9. The van der Waals surface area contributed by atoms with Gasteiger partial charge in [-0.3, -0.25) is 0 Å². The fourth-order valence-corrected chi connectivity index (χ4v) is 4.34. The maximum absolute atomic E-state index is 13.8. The molecule has 0 bridgehead atoms. The Morgan fingerprint density at radius 1 is 1.07 bits per heavy atom. The van der Waals surface area contributed by atoms with Crippen LogP contribution in [0, 0.1) is 17.7 Å². The molecule has 4 nitrogen and oxygen atoms in total. The van der Waals surface area contributed by atoms with Crippen LogP contribution in [-0.4, -0.2) is 33.3 Å². The van der Waals surface area contributed by atoms with Crippen LogP contribution >= 0.6 is 0 Å². The average Bonchev–Trinajstić information content (AvgIpc) is 2.89. The molecular formula is C22H33FO4. The lowest BCUT2D eigenvalue weighted by atomic mass is 9.84. The van der Waals surface area contributed by atoms with Crippen LogP contribution < -0.4 is 0 Å². The highest BCUT2D eigenvalue weighted by Crippen LogP contribution is 2.40. The van der Waals surface area contributed by atoms with Gasteiger partial charge in [0.05, 0.1) is 18.3 Å². The van der Waals surface area contributed by atoms with Gasteiger partial charge in [-0.2, -0.15) is 0 Å². The molecule has 0 aliphatic heterocycles. The van der Waals surface area contributed by atoms with Crippen molar-refractivity contribution in [2.45, 2.75) is 83.0 Å². The van der Waals surface area contributed by atoms with E-state index in [-0.39, 0.29) is 23.2 Å². The van der Waals surface area contributed by atoms with E-state index in [1.807, 2.05) is 0 Å². The molecule has 1 aromatic rings. The van der Waals surface area contributed by atoms with Crippen molar-refractivity contribution in [2.75, 3.05) is 0 Å². The molecule has 1 aliphatic carbocycles. The third kappa shape index (κ3) is 6.66. The number of carbonyl (C=O) groups is 1. The van der Waals surface area contributed by atoms with E-state index in [0.717, 1.165) is 32.1 Å². The van der Waals surface area contributed by atoms with Gasteiger partial charge in [0.15, 0.2) is 0 Å². The van der Waals surface area contributed by atoms with E-state index in [1.54, 1.807) is 25.1 Å². The maximum atomic E-state index is 13.8. The quantitative estimate of drug-likeness (QED) is 0.508. The summed E-state index contributed by atoms with van der Waals surface area (Å²) in [4.78, 5) is 11.0. The van der Waals surface area contributed by atoms with Crippen LogP contribution in [0.3, 0.4) is 0 Å². The number of ketones is 1. The smallest absolute Gasteiger partial charge is 0.129 e. The zero-order valence-corrected chi connectivity index (χ0v) is 16.2. The Hall–Kier alpha value is -1.30. The molecule has 0 radical (unpaired) electrons. The van der Waals surface area contributed by atoms with Gasteiger partial charge in [0.2, 0.25) is 0 Å². The molecule has 152 valence electrons. The molecule has 3 N–H and O–H groups in total. The lowest BCUT2D eigenvalue weighted by Gasteiger charge is -2.24. The number of halogens is 1. The Morgan fingerprint density at radius 3 is 2.37 bits per heavy atom. The zero-order valence-electron chi connectivity index (χ0n) is 16.2. The van der Waals surface area contributed by atoms with Gasteiger partial charge >= 0.3 is 0 Å². The number of unbranched alkanes of at least 4 members (excludes halogenated alkanes) is 3. The lowest BCUT2D eigenvalue weighted by molar-refractivity contribution is -0.117. The van der Waals surface area contributed by atoms with E-state index >= 15 is 0 Å². The van der Waals surface area contributed by atoms with Gasteiger partial charge < -0.3 is 20.1 Å². The van der Waals surface area contributed by atoms with Gasteiger partial charge in [0.25, 0.3) is 0 Å². The average molecular weight is 381 g/mol. The van der Waals surface area contributed by atoms with Crippen LogP contribution in [0.5, 0.6) is 0 Å². The Labute approximate surface area is 161 Å². The van der Waals surface area contributed by atoms with E-state index in [2.05, 4.69) is 0 Å². The predicted octanol–water partition coefficient (Wildman–Crippen LogP) is 3.93. The minimum Gasteiger partial charge on any atom is -0.393 e. The number of aliphatic hydroxyl groups excluding tert-OH is 3. The summed E-state index contributed by atoms with van der Waals surface area (Å²) >= 11 is 0. The summed E-state index contributed by atoms with van der Waals surface area (Å²) in [5.74, 6) is -0.254. The summed E-state index contributed by atoms with van der Waals surface area (Å²) in [5.41, 5.74) is 0.285. The monoisotopic (exact) mass is 380 g/mol. The summed E-state index contributed by atoms with van der Waals surface area (Å²) in [7, 11) is 0. The lowest BCUT2D eigenvalue weighted by Crippen LogP contribution is -2.23. The van der Waals surface area contributed by atoms with E-state index in [9.17, 15) is 24.5 Å². The van der Waals surface area contributed by atoms with Crippen LogP contribution in [0.25, 0.3) is 0 Å². The van der Waals surface area contributed by atoms with Crippen molar-refractivity contribution in [1.29, 1.82) is 0 Å². The van der Waals surface area contributed by atoms with Crippen LogP contribution in [0.1, 0.15) is 76.4 Å². The van der Waals surface area contributed by atoms with E-state index < -0.39 is 24.1 Å². The van der Waals surface area contributed by atoms with Gasteiger partial charge in [-0.15, -0.1) is 0 Å². The van der Waals surface area contributed by atoms with Gasteiger partial charge in [0, 0.05) is 12.0 Å². The molecule has 0 spiro atoms. The Morgan fingerprint density at radius 2 is 1.70 bits per heavy atom. The van der Waals surface area contributed by atoms with E-state index in [1.165, 1.54) is 6.07 Å². The first-order valence-electron chi connectivity index (χ1n) is 10.2. The Kier molecular flexibility index (Phi) is 8.87. The predicted molar refractivity (Wildman–Crippen MR) is 103 cm³/mol. The highest BCUT2D eigenvalue weighted by Gasteiger charge is 2.40. The highest BCUT2D eigenvalue weighted by atomic mass is 19.1. The minimum absolute atomic E-state index is 0.0145. The molecule has 0 heterocycles. The number of hydrogen-bond donors (Lipinski definition) is 3. The molecule has 2 rings (SSSR count). The molecule has 0 saturated heterocycles. The zero-order chi connectivity index (χ0) is 19.8. The molecule has 1 aliphatic rings. The van der Waals surface area contributed by atoms with Crippen LogP contribution in [-0.2, 0) is 4.79 Å². The van der Waals surface area contributed by atoms with E-state index in [0.29, 0.717) is 25.7 Å². The first-order chi connectivity index (χ1) is 12.9. The van der Waals surface area contributed by atoms with Crippen molar-refractivity contribution in [1.82, 2.24) is 0 Å². The third-order valence-electron chi connectivity index (χ3n) is 5.88. The summed E-state index contributed by atoms with van der Waals surface area (Å²) in [6, 6.07) is 6.21. The number of hydrogen-bond acceptors (Lipinski definition) is 4. The van der Waals surface area contributed by atoms with Gasteiger partial charge in [-0.25, -0.2) is 4.39 Å². The van der Waals surface area contributed by atoms with Crippen LogP contribution in [0.2, 0.25) is 0 Å². The molecular weight excluding hydrogens is 347 g/mol. The number of benzene rings is 1. The summed E-state index contributed by atoms with van der Waals surface area (Å²) in [6.07, 6.45) is 4.63. The SMILES string of the molecule is CC(=O)CCCCCC[C@@H]1[C@@H](CC[C@H](O)c2ccccc2F)[C@H](O)C[C@@H]1O. The fraction of sp³-hybridized carbons (Fsp3) is 0.682. The molecule has 5 heteroatoms. The van der Waals surface area contributed by atoms with E-state index in [4.69, 9.17) is 0 Å². The van der Waals surface area contributed by atoms with Gasteiger partial charge in [0.1, 0.15) is 11.6 Å². The molecule has 1 fully saturated rings. The minimum atomic E-state index is -0.900. The Bertz CT molecular complexity index is 591. The van der Waals surface area contributed by atoms with Crippen molar-refractivity contribution in [3.05, 3.63) is 35.6 Å². The number of carbonyl (C=O) groups excluding carboxylic acids is 1. The van der Waals surface area contributed by atoms with Gasteiger partial charge in [-0.05, 0) is 56.9 Å². The normalized spacial score (nSPS) is 26.3. The van der Waals surface area contributed by atoms with Gasteiger partial charge in [-0.1, -0.05) is 37.5 Å². The summed E-state index contributed by atoms with van der Waals surface area (Å²) in [5, 5.41) is 30.9. The first-order valence-corrected chi connectivity index (χ1v) is 10.2. The molecule has 0 amide bonds. The molecule has 5 atom stereocenters. The van der Waals surface area contributed by atoms with Crippen LogP contribution in [0.4, 0.5) is 4.39 Å². The molecule has 27 heavy (non-hydrogen) atoms. The van der Waals surface area contributed by atoms with Crippen molar-refractivity contribution in [3.8, 4) is 0 Å². The van der Waals surface area contributed by atoms with Crippen molar-refractivity contribution >= 4 is 5.78 Å².